The molecule has 0 aromatic heterocycles. The largest absolute Gasteiger partial charge is 0.462 e. The van der Waals surface area contributed by atoms with Crippen molar-refractivity contribution in [2.75, 3.05) is 6.61 Å². The Kier molecular flexibility index (Phi) is 47.6. The van der Waals surface area contributed by atoms with Crippen molar-refractivity contribution >= 4 is 11.9 Å². The fraction of sp³-hybridized carbons (Fsp3) is 0.855. The van der Waals surface area contributed by atoms with Gasteiger partial charge in [0.2, 0.25) is 5.91 Å². The van der Waals surface area contributed by atoms with Crippen molar-refractivity contribution in [3.8, 4) is 0 Å². The van der Waals surface area contributed by atoms with Crippen LogP contribution in [0, 0.1) is 0 Å². The first-order valence-electron chi connectivity index (χ1n) is 26.7. The third-order valence-corrected chi connectivity index (χ3v) is 12.2. The Hall–Kier alpha value is -1.92. The maximum absolute atomic E-state index is 13.2. The molecule has 0 radical (unpaired) electrons. The minimum absolute atomic E-state index is 0.0721. The number of rotatable bonds is 48. The van der Waals surface area contributed by atoms with Crippen LogP contribution in [-0.2, 0) is 14.3 Å². The number of esters is 1. The van der Waals surface area contributed by atoms with Gasteiger partial charge in [0.25, 0.3) is 0 Å². The molecule has 3 atom stereocenters. The molecule has 0 rings (SSSR count). The summed E-state index contributed by atoms with van der Waals surface area (Å²) in [7, 11) is 0. The third-order valence-electron chi connectivity index (χ3n) is 12.2. The van der Waals surface area contributed by atoms with Gasteiger partial charge >= 0.3 is 5.97 Å². The van der Waals surface area contributed by atoms with Gasteiger partial charge < -0.3 is 20.3 Å². The van der Waals surface area contributed by atoms with Crippen LogP contribution in [0.2, 0.25) is 0 Å². The SMILES string of the molecule is CCCCC/C=C/C=C/CCCCCCCCC(=O)OC(CCCCCCCCC/C=C/CCCCCCCC)CC(=O)NC(CO)C(O)CCCCCCCCCCCC. The second kappa shape index (κ2) is 49.1. The maximum Gasteiger partial charge on any atom is 0.306 e. The van der Waals surface area contributed by atoms with Crippen LogP contribution in [0.5, 0.6) is 0 Å². The number of carbonyl (C=O) groups is 2. The van der Waals surface area contributed by atoms with Crippen molar-refractivity contribution in [1.82, 2.24) is 5.32 Å². The molecule has 0 aromatic rings. The topological polar surface area (TPSA) is 95.9 Å². The van der Waals surface area contributed by atoms with Crippen LogP contribution >= 0.6 is 0 Å². The van der Waals surface area contributed by atoms with Crippen LogP contribution in [0.15, 0.2) is 36.5 Å². The Morgan fingerprint density at radius 3 is 1.30 bits per heavy atom. The fourth-order valence-corrected chi connectivity index (χ4v) is 8.12. The highest BCUT2D eigenvalue weighted by atomic mass is 16.5. The van der Waals surface area contributed by atoms with Gasteiger partial charge in [-0.2, -0.15) is 0 Å². The van der Waals surface area contributed by atoms with E-state index in [2.05, 4.69) is 62.5 Å². The number of hydrogen-bond acceptors (Lipinski definition) is 5. The van der Waals surface area contributed by atoms with E-state index in [9.17, 15) is 19.8 Å². The number of nitrogens with one attached hydrogen (secondary N) is 1. The summed E-state index contributed by atoms with van der Waals surface area (Å²) in [6, 6.07) is -0.702. The standard InChI is InChI=1S/C55H103NO5/c1-4-7-10-13-16-19-22-24-26-27-29-30-32-34-37-40-43-46-51(61-55(60)48-45-42-39-36-33-31-28-25-23-20-17-14-11-8-5-2)49-54(59)56-52(50-57)53(58)47-44-41-38-35-21-18-15-12-9-6-3/h17,20,23-26,51-53,57-58H,4-16,18-19,21-22,27-50H2,1-3H3,(H,56,59)/b20-17+,25-23+,26-24+. The van der Waals surface area contributed by atoms with Gasteiger partial charge in [-0.3, -0.25) is 9.59 Å². The Labute approximate surface area is 379 Å². The van der Waals surface area contributed by atoms with Crippen molar-refractivity contribution in [1.29, 1.82) is 0 Å². The third kappa shape index (κ3) is 44.5. The molecule has 0 aliphatic heterocycles. The quantitative estimate of drug-likeness (QED) is 0.0245. The van der Waals surface area contributed by atoms with Gasteiger partial charge in [0.05, 0.1) is 25.2 Å². The van der Waals surface area contributed by atoms with Crippen LogP contribution in [0.4, 0.5) is 0 Å². The second-order valence-electron chi connectivity index (χ2n) is 18.3. The Bertz CT molecular complexity index is 1010. The van der Waals surface area contributed by atoms with Crippen LogP contribution in [0.3, 0.4) is 0 Å². The van der Waals surface area contributed by atoms with E-state index in [0.717, 1.165) is 64.2 Å². The lowest BCUT2D eigenvalue weighted by Gasteiger charge is -2.24. The highest BCUT2D eigenvalue weighted by molar-refractivity contribution is 5.77. The van der Waals surface area contributed by atoms with Gasteiger partial charge in [0, 0.05) is 6.42 Å². The van der Waals surface area contributed by atoms with E-state index >= 15 is 0 Å². The van der Waals surface area contributed by atoms with Crippen molar-refractivity contribution < 1.29 is 24.5 Å². The molecule has 0 saturated heterocycles. The van der Waals surface area contributed by atoms with Gasteiger partial charge in [0.15, 0.2) is 0 Å². The predicted molar refractivity (Wildman–Crippen MR) is 264 cm³/mol. The number of hydrogen-bond donors (Lipinski definition) is 3. The monoisotopic (exact) mass is 858 g/mol. The van der Waals surface area contributed by atoms with E-state index in [4.69, 9.17) is 4.74 Å². The minimum atomic E-state index is -0.788. The molecule has 0 bridgehead atoms. The first kappa shape index (κ1) is 59.1. The van der Waals surface area contributed by atoms with Crippen molar-refractivity contribution in [2.45, 2.75) is 296 Å². The summed E-state index contributed by atoms with van der Waals surface area (Å²) in [5.74, 6) is -0.482. The van der Waals surface area contributed by atoms with E-state index in [1.165, 1.54) is 167 Å². The number of ether oxygens (including phenoxy) is 1. The molecule has 0 aromatic carbocycles. The normalized spacial score (nSPS) is 13.5. The molecule has 3 N–H and O–H groups in total. The average Bonchev–Trinajstić information content (AvgIpc) is 3.25. The second-order valence-corrected chi connectivity index (χ2v) is 18.3. The molecule has 6 nitrogen and oxygen atoms in total. The molecule has 0 fully saturated rings. The molecule has 358 valence electrons. The smallest absolute Gasteiger partial charge is 0.306 e. The van der Waals surface area contributed by atoms with E-state index < -0.39 is 18.2 Å². The molecule has 61 heavy (non-hydrogen) atoms. The van der Waals surface area contributed by atoms with Crippen LogP contribution in [0.25, 0.3) is 0 Å². The van der Waals surface area contributed by atoms with Crippen LogP contribution < -0.4 is 5.32 Å². The average molecular weight is 858 g/mol. The van der Waals surface area contributed by atoms with Crippen LogP contribution in [-0.4, -0.2) is 46.9 Å². The summed E-state index contributed by atoms with van der Waals surface area (Å²) in [6.45, 7) is 6.45. The molecular formula is C55H103NO5. The van der Waals surface area contributed by atoms with E-state index in [1.54, 1.807) is 0 Å². The number of allylic oxidation sites excluding steroid dienone is 6. The summed E-state index contributed by atoms with van der Waals surface area (Å²) in [6.07, 6.45) is 57.7. The van der Waals surface area contributed by atoms with Gasteiger partial charge in [0.1, 0.15) is 6.10 Å². The lowest BCUT2D eigenvalue weighted by atomic mass is 10.0. The van der Waals surface area contributed by atoms with Crippen molar-refractivity contribution in [3.63, 3.8) is 0 Å². The van der Waals surface area contributed by atoms with E-state index in [0.29, 0.717) is 19.3 Å². The highest BCUT2D eigenvalue weighted by Gasteiger charge is 2.24. The zero-order valence-electron chi connectivity index (χ0n) is 40.8. The summed E-state index contributed by atoms with van der Waals surface area (Å²) in [4.78, 5) is 26.2. The van der Waals surface area contributed by atoms with Crippen molar-refractivity contribution in [3.05, 3.63) is 36.5 Å². The van der Waals surface area contributed by atoms with E-state index in [1.807, 2.05) is 0 Å². The Balaban J connectivity index is 4.59. The number of aliphatic hydroxyl groups excluding tert-OH is 2. The molecule has 3 unspecified atom stereocenters. The zero-order valence-corrected chi connectivity index (χ0v) is 40.8. The summed E-state index contributed by atoms with van der Waals surface area (Å²) in [5.41, 5.74) is 0. The molecule has 6 heteroatoms. The number of aliphatic hydroxyl groups is 2. The first-order chi connectivity index (χ1) is 30.0. The molecule has 0 heterocycles. The summed E-state index contributed by atoms with van der Waals surface area (Å²) in [5, 5.41) is 23.7. The number of amides is 1. The van der Waals surface area contributed by atoms with Crippen molar-refractivity contribution in [2.24, 2.45) is 0 Å². The summed E-state index contributed by atoms with van der Waals surface area (Å²) >= 11 is 0. The minimum Gasteiger partial charge on any atom is -0.462 e. The maximum atomic E-state index is 13.2. The van der Waals surface area contributed by atoms with E-state index in [-0.39, 0.29) is 24.9 Å². The molecule has 0 aliphatic rings. The molecular weight excluding hydrogens is 755 g/mol. The molecule has 0 saturated carbocycles. The fourth-order valence-electron chi connectivity index (χ4n) is 8.12. The molecule has 0 aliphatic carbocycles. The zero-order chi connectivity index (χ0) is 44.5. The van der Waals surface area contributed by atoms with Gasteiger partial charge in [-0.15, -0.1) is 0 Å². The van der Waals surface area contributed by atoms with Crippen LogP contribution in [0.1, 0.15) is 278 Å². The van der Waals surface area contributed by atoms with Gasteiger partial charge in [-0.05, 0) is 77.0 Å². The number of unbranched alkanes of at least 4 members (excludes halogenated alkanes) is 31. The predicted octanol–water partition coefficient (Wildman–Crippen LogP) is 16.1. The Morgan fingerprint density at radius 2 is 0.836 bits per heavy atom. The van der Waals surface area contributed by atoms with Gasteiger partial charge in [-0.25, -0.2) is 0 Å². The molecule has 0 spiro atoms. The summed E-state index contributed by atoms with van der Waals surface area (Å²) < 4.78 is 5.94. The lowest BCUT2D eigenvalue weighted by molar-refractivity contribution is -0.151. The molecule has 1 amide bonds. The van der Waals surface area contributed by atoms with Gasteiger partial charge in [-0.1, -0.05) is 224 Å². The first-order valence-corrected chi connectivity index (χ1v) is 26.7. The lowest BCUT2D eigenvalue weighted by Crippen LogP contribution is -2.46. The Morgan fingerprint density at radius 1 is 0.475 bits per heavy atom. The highest BCUT2D eigenvalue weighted by Crippen LogP contribution is 2.18. The number of carbonyl (C=O) groups excluding carboxylic acids is 2.